The SMILES string of the molecule is Cc1ccc(C(=O)NCCNC(=O)c2nc(Cn3ccc([N+](=O)[O-])n3)no2)cc1. The van der Waals surface area contributed by atoms with Gasteiger partial charge in [-0.1, -0.05) is 22.9 Å². The fraction of sp³-hybridized carbons (Fsp3) is 0.235. The lowest BCUT2D eigenvalue weighted by atomic mass is 10.1. The lowest BCUT2D eigenvalue weighted by molar-refractivity contribution is -0.389. The molecule has 12 heteroatoms. The Kier molecular flexibility index (Phi) is 5.92. The Morgan fingerprint density at radius 2 is 1.83 bits per heavy atom. The summed E-state index contributed by atoms with van der Waals surface area (Å²) in [7, 11) is 0. The highest BCUT2D eigenvalue weighted by atomic mass is 16.6. The van der Waals surface area contributed by atoms with E-state index >= 15 is 0 Å². The Labute approximate surface area is 164 Å². The number of nitrogens with one attached hydrogen (secondary N) is 2. The van der Waals surface area contributed by atoms with Crippen LogP contribution in [0.5, 0.6) is 0 Å². The van der Waals surface area contributed by atoms with Crippen molar-refractivity contribution in [3.05, 3.63) is 69.5 Å². The van der Waals surface area contributed by atoms with Crippen LogP contribution in [0, 0.1) is 17.0 Å². The van der Waals surface area contributed by atoms with E-state index < -0.39 is 10.8 Å². The van der Waals surface area contributed by atoms with Gasteiger partial charge in [-0.3, -0.25) is 9.59 Å². The van der Waals surface area contributed by atoms with Crippen molar-refractivity contribution in [1.82, 2.24) is 30.6 Å². The highest BCUT2D eigenvalue weighted by Crippen LogP contribution is 2.07. The van der Waals surface area contributed by atoms with Gasteiger partial charge in [-0.2, -0.15) is 9.67 Å². The number of hydrogen-bond donors (Lipinski definition) is 2. The second-order valence-corrected chi connectivity index (χ2v) is 6.02. The van der Waals surface area contributed by atoms with Crippen molar-refractivity contribution in [3.8, 4) is 0 Å². The first-order chi connectivity index (χ1) is 13.9. The van der Waals surface area contributed by atoms with Crippen LogP contribution in [-0.4, -0.2) is 49.7 Å². The number of amides is 2. The van der Waals surface area contributed by atoms with E-state index in [2.05, 4.69) is 25.9 Å². The third-order valence-corrected chi connectivity index (χ3v) is 3.79. The molecule has 0 saturated carbocycles. The summed E-state index contributed by atoms with van der Waals surface area (Å²) in [6.07, 6.45) is 1.39. The number of hydrogen-bond acceptors (Lipinski definition) is 8. The van der Waals surface area contributed by atoms with Gasteiger partial charge in [0.1, 0.15) is 6.54 Å². The van der Waals surface area contributed by atoms with Gasteiger partial charge in [0.05, 0.1) is 17.4 Å². The molecule has 0 atom stereocenters. The van der Waals surface area contributed by atoms with Crippen molar-refractivity contribution in [1.29, 1.82) is 0 Å². The summed E-state index contributed by atoms with van der Waals surface area (Å²) in [5.74, 6) is -1.26. The third kappa shape index (κ3) is 5.22. The van der Waals surface area contributed by atoms with Crippen LogP contribution in [-0.2, 0) is 6.54 Å². The number of nitrogens with zero attached hydrogens (tertiary/aromatic N) is 5. The first kappa shape index (κ1) is 19.7. The van der Waals surface area contributed by atoms with Crippen molar-refractivity contribution >= 4 is 17.6 Å². The minimum atomic E-state index is -0.622. The zero-order valence-electron chi connectivity index (χ0n) is 15.4. The van der Waals surface area contributed by atoms with Gasteiger partial charge in [-0.25, -0.2) is 0 Å². The summed E-state index contributed by atoms with van der Waals surface area (Å²) in [5.41, 5.74) is 1.58. The van der Waals surface area contributed by atoms with Crippen LogP contribution < -0.4 is 10.6 Å². The second kappa shape index (κ2) is 8.73. The summed E-state index contributed by atoms with van der Waals surface area (Å²) in [4.78, 5) is 37.9. The maximum atomic E-state index is 12.0. The van der Waals surface area contributed by atoms with Crippen molar-refractivity contribution in [2.75, 3.05) is 13.1 Å². The highest BCUT2D eigenvalue weighted by molar-refractivity contribution is 5.94. The molecule has 150 valence electrons. The number of rotatable bonds is 8. The monoisotopic (exact) mass is 399 g/mol. The lowest BCUT2D eigenvalue weighted by Gasteiger charge is -2.06. The average Bonchev–Trinajstić information content (AvgIpc) is 3.35. The molecule has 0 aliphatic carbocycles. The predicted octanol–water partition coefficient (Wildman–Crippen LogP) is 0.691. The first-order valence-corrected chi connectivity index (χ1v) is 8.56. The molecule has 2 N–H and O–H groups in total. The Balaban J connectivity index is 1.44. The summed E-state index contributed by atoms with van der Waals surface area (Å²) in [6, 6.07) is 8.35. The van der Waals surface area contributed by atoms with Crippen molar-refractivity contribution in [3.63, 3.8) is 0 Å². The molecule has 3 aromatic rings. The molecule has 29 heavy (non-hydrogen) atoms. The van der Waals surface area contributed by atoms with E-state index in [1.54, 1.807) is 12.1 Å². The topological polar surface area (TPSA) is 158 Å². The molecule has 0 saturated heterocycles. The fourth-order valence-corrected chi connectivity index (χ4v) is 2.33. The summed E-state index contributed by atoms with van der Waals surface area (Å²) in [6.45, 7) is 2.33. The molecule has 12 nitrogen and oxygen atoms in total. The van der Waals surface area contributed by atoms with Crippen LogP contribution in [0.1, 0.15) is 32.4 Å². The molecule has 3 rings (SSSR count). The number of aryl methyl sites for hydroxylation is 1. The number of carbonyl (C=O) groups is 2. The lowest BCUT2D eigenvalue weighted by Crippen LogP contribution is -2.34. The minimum Gasteiger partial charge on any atom is -0.358 e. The molecule has 1 aromatic carbocycles. The van der Waals surface area contributed by atoms with E-state index in [4.69, 9.17) is 4.52 Å². The van der Waals surface area contributed by atoms with Crippen LogP contribution in [0.2, 0.25) is 0 Å². The van der Waals surface area contributed by atoms with Gasteiger partial charge in [0.25, 0.3) is 5.91 Å². The van der Waals surface area contributed by atoms with Gasteiger partial charge in [0.15, 0.2) is 5.82 Å². The molecule has 2 heterocycles. The molecule has 0 aliphatic rings. The fourth-order valence-electron chi connectivity index (χ4n) is 2.33. The minimum absolute atomic E-state index is 0.0111. The first-order valence-electron chi connectivity index (χ1n) is 8.56. The second-order valence-electron chi connectivity index (χ2n) is 6.02. The summed E-state index contributed by atoms with van der Waals surface area (Å²) >= 11 is 0. The van der Waals surface area contributed by atoms with Crippen molar-refractivity contribution < 1.29 is 19.0 Å². The number of benzene rings is 1. The molecule has 2 aromatic heterocycles. The molecular weight excluding hydrogens is 382 g/mol. The van der Waals surface area contributed by atoms with Crippen molar-refractivity contribution in [2.45, 2.75) is 13.5 Å². The number of nitro groups is 1. The highest BCUT2D eigenvalue weighted by Gasteiger charge is 2.17. The van der Waals surface area contributed by atoms with Gasteiger partial charge in [-0.05, 0) is 24.0 Å². The Morgan fingerprint density at radius 1 is 1.14 bits per heavy atom. The standard InChI is InChI=1S/C17H17N7O5/c1-11-2-4-12(5-3-11)15(25)18-7-8-19-16(26)17-20-13(22-29-17)10-23-9-6-14(21-23)24(27)28/h2-6,9H,7-8,10H2,1H3,(H,18,25)(H,19,26). The zero-order chi connectivity index (χ0) is 20.8. The van der Waals surface area contributed by atoms with Gasteiger partial charge in [0.2, 0.25) is 0 Å². The summed E-state index contributed by atoms with van der Waals surface area (Å²) < 4.78 is 6.13. The summed E-state index contributed by atoms with van der Waals surface area (Å²) in [5, 5.41) is 23.2. The van der Waals surface area contributed by atoms with Crippen LogP contribution in [0.4, 0.5) is 5.82 Å². The van der Waals surface area contributed by atoms with E-state index in [0.717, 1.165) is 5.56 Å². The van der Waals surface area contributed by atoms with E-state index in [0.29, 0.717) is 5.56 Å². The quantitative estimate of drug-likeness (QED) is 0.318. The van der Waals surface area contributed by atoms with E-state index in [1.807, 2.05) is 19.1 Å². The third-order valence-electron chi connectivity index (χ3n) is 3.79. The Hall–Kier alpha value is -4.09. The maximum absolute atomic E-state index is 12.0. The van der Waals surface area contributed by atoms with Crippen LogP contribution in [0.25, 0.3) is 0 Å². The van der Waals surface area contributed by atoms with E-state index in [-0.39, 0.29) is 43.1 Å². The van der Waals surface area contributed by atoms with Gasteiger partial charge in [0, 0.05) is 18.7 Å². The van der Waals surface area contributed by atoms with Crippen molar-refractivity contribution in [2.24, 2.45) is 0 Å². The zero-order valence-corrected chi connectivity index (χ0v) is 15.4. The smallest absolute Gasteiger partial charge is 0.358 e. The molecule has 0 unspecified atom stereocenters. The molecule has 0 fully saturated rings. The molecule has 0 bridgehead atoms. The molecular formula is C17H17N7O5. The largest absolute Gasteiger partial charge is 0.389 e. The van der Waals surface area contributed by atoms with Crippen LogP contribution in [0.15, 0.2) is 41.1 Å². The van der Waals surface area contributed by atoms with E-state index in [1.165, 1.54) is 16.9 Å². The van der Waals surface area contributed by atoms with Crippen LogP contribution >= 0.6 is 0 Å². The van der Waals surface area contributed by atoms with Gasteiger partial charge < -0.3 is 25.3 Å². The normalized spacial score (nSPS) is 10.5. The predicted molar refractivity (Wildman–Crippen MR) is 98.1 cm³/mol. The molecule has 2 amide bonds. The van der Waals surface area contributed by atoms with Gasteiger partial charge >= 0.3 is 17.6 Å². The van der Waals surface area contributed by atoms with E-state index in [9.17, 15) is 19.7 Å². The average molecular weight is 399 g/mol. The van der Waals surface area contributed by atoms with Gasteiger partial charge in [-0.15, -0.1) is 0 Å². The molecule has 0 spiro atoms. The Morgan fingerprint density at radius 3 is 2.48 bits per heavy atom. The maximum Gasteiger partial charge on any atom is 0.389 e. The number of carbonyl (C=O) groups excluding carboxylic acids is 2. The molecule has 0 radical (unpaired) electrons. The number of aromatic nitrogens is 4. The Bertz CT molecular complexity index is 1020. The molecule has 0 aliphatic heterocycles. The van der Waals surface area contributed by atoms with Crippen LogP contribution in [0.3, 0.4) is 0 Å².